The van der Waals surface area contributed by atoms with Crippen LogP contribution in [-0.4, -0.2) is 38.3 Å². The predicted octanol–water partition coefficient (Wildman–Crippen LogP) is 6.08. The molecule has 0 bridgehead atoms. The normalized spacial score (nSPS) is 19.3. The van der Waals surface area contributed by atoms with Gasteiger partial charge in [-0.1, -0.05) is 17.7 Å². The second-order valence-electron chi connectivity index (χ2n) is 11.2. The van der Waals surface area contributed by atoms with E-state index in [0.29, 0.717) is 31.2 Å². The van der Waals surface area contributed by atoms with Crippen molar-refractivity contribution in [3.05, 3.63) is 70.0 Å². The van der Waals surface area contributed by atoms with Crippen molar-refractivity contribution in [3.8, 4) is 11.8 Å². The Balaban J connectivity index is 1.24. The highest BCUT2D eigenvalue weighted by Gasteiger charge is 2.55. The van der Waals surface area contributed by atoms with Crippen LogP contribution in [0.25, 0.3) is 5.69 Å². The molecule has 1 saturated heterocycles. The van der Waals surface area contributed by atoms with Crippen LogP contribution in [0.3, 0.4) is 0 Å². The third kappa shape index (κ3) is 3.95. The Labute approximate surface area is 222 Å². The Morgan fingerprint density at radius 1 is 1.05 bits per heavy atom. The van der Waals surface area contributed by atoms with E-state index in [0.717, 1.165) is 41.8 Å². The fourth-order valence-corrected chi connectivity index (χ4v) is 6.29. The van der Waals surface area contributed by atoms with Crippen molar-refractivity contribution in [1.82, 2.24) is 19.7 Å². The summed E-state index contributed by atoms with van der Waals surface area (Å²) < 4.78 is 56.2. The van der Waals surface area contributed by atoms with Crippen LogP contribution in [0.2, 0.25) is 5.02 Å². The van der Waals surface area contributed by atoms with E-state index in [1.807, 2.05) is 32.0 Å². The van der Waals surface area contributed by atoms with Crippen LogP contribution < -0.4 is 4.90 Å². The number of nitriles is 1. The Bertz CT molecular complexity index is 1460. The predicted molar refractivity (Wildman–Crippen MR) is 133 cm³/mol. The summed E-state index contributed by atoms with van der Waals surface area (Å²) in [5.74, 6) is 0.471. The van der Waals surface area contributed by atoms with E-state index in [1.54, 1.807) is 4.90 Å². The first-order valence-corrected chi connectivity index (χ1v) is 12.8. The minimum Gasteiger partial charge on any atom is -0.368 e. The Morgan fingerprint density at radius 2 is 1.79 bits per heavy atom. The van der Waals surface area contributed by atoms with E-state index < -0.39 is 23.1 Å². The fraction of sp³-hybridized carbons (Fsp3) is 0.444. The summed E-state index contributed by atoms with van der Waals surface area (Å²) in [6.07, 6.45) is -3.15. The molecule has 1 spiro atoms. The maximum atomic E-state index is 14.6. The maximum Gasteiger partial charge on any atom is 0.419 e. The van der Waals surface area contributed by atoms with Gasteiger partial charge in [0, 0.05) is 36.0 Å². The first-order valence-electron chi connectivity index (χ1n) is 12.4. The molecule has 3 aliphatic rings. The van der Waals surface area contributed by atoms with Gasteiger partial charge in [0.1, 0.15) is 11.4 Å². The highest BCUT2D eigenvalue weighted by atomic mass is 35.5. The van der Waals surface area contributed by atoms with Crippen LogP contribution in [0.1, 0.15) is 55.4 Å². The van der Waals surface area contributed by atoms with Gasteiger partial charge in [-0.05, 0) is 62.6 Å². The Hall–Kier alpha value is -3.16. The molecule has 1 saturated carbocycles. The molecule has 3 heterocycles. The zero-order valence-corrected chi connectivity index (χ0v) is 21.6. The second kappa shape index (κ2) is 8.42. The van der Waals surface area contributed by atoms with Gasteiger partial charge >= 0.3 is 6.18 Å². The van der Waals surface area contributed by atoms with E-state index in [-0.39, 0.29) is 17.0 Å². The molecule has 6 rings (SSSR count). The number of nitrogens with zero attached hydrogens (tertiary/aromatic N) is 6. The first-order chi connectivity index (χ1) is 17.9. The number of alkyl halides is 3. The molecule has 11 heteroatoms. The molecular formula is C27H25ClF4N6. The molecule has 6 nitrogen and oxygen atoms in total. The molecule has 0 unspecified atom stereocenters. The van der Waals surface area contributed by atoms with E-state index in [1.165, 1.54) is 12.1 Å². The molecule has 2 aromatic carbocycles. The maximum absolute atomic E-state index is 14.6. The van der Waals surface area contributed by atoms with E-state index in [9.17, 15) is 22.8 Å². The minimum atomic E-state index is -4.73. The van der Waals surface area contributed by atoms with Gasteiger partial charge in [0.25, 0.3) is 0 Å². The Kier molecular flexibility index (Phi) is 5.57. The van der Waals surface area contributed by atoms with Gasteiger partial charge in [-0.25, -0.2) is 4.39 Å². The van der Waals surface area contributed by atoms with Crippen LogP contribution >= 0.6 is 11.6 Å². The molecule has 0 amide bonds. The van der Waals surface area contributed by atoms with Crippen molar-refractivity contribution in [2.75, 3.05) is 18.0 Å². The number of benzene rings is 2. The quantitative estimate of drug-likeness (QED) is 0.374. The fourth-order valence-electron chi connectivity index (χ4n) is 6.10. The smallest absolute Gasteiger partial charge is 0.368 e. The number of rotatable bonds is 3. The summed E-state index contributed by atoms with van der Waals surface area (Å²) in [6.45, 7) is 5.72. The van der Waals surface area contributed by atoms with Crippen LogP contribution in [0, 0.1) is 22.6 Å². The van der Waals surface area contributed by atoms with Gasteiger partial charge in [0.2, 0.25) is 0 Å². The van der Waals surface area contributed by atoms with Crippen molar-refractivity contribution in [3.63, 3.8) is 0 Å². The number of halogens is 5. The molecule has 0 N–H and O–H groups in total. The molecule has 3 aromatic rings. The van der Waals surface area contributed by atoms with E-state index >= 15 is 0 Å². The molecule has 1 aromatic heterocycles. The first kappa shape index (κ1) is 25.1. The zero-order valence-electron chi connectivity index (χ0n) is 20.9. The largest absolute Gasteiger partial charge is 0.419 e. The molecule has 38 heavy (non-hydrogen) atoms. The average molecular weight is 545 g/mol. The summed E-state index contributed by atoms with van der Waals surface area (Å²) in [4.78, 5) is 3.74. The number of anilines is 1. The van der Waals surface area contributed by atoms with Crippen molar-refractivity contribution in [2.24, 2.45) is 5.41 Å². The van der Waals surface area contributed by atoms with Crippen LogP contribution in [-0.2, 0) is 19.3 Å². The number of aromatic nitrogens is 3. The summed E-state index contributed by atoms with van der Waals surface area (Å²) in [7, 11) is 0. The molecule has 198 valence electrons. The van der Waals surface area contributed by atoms with Gasteiger partial charge in [0.05, 0.1) is 29.6 Å². The zero-order chi connectivity index (χ0) is 27.0. The van der Waals surface area contributed by atoms with Crippen LogP contribution in [0.4, 0.5) is 23.2 Å². The molecule has 0 radical (unpaired) electrons. The van der Waals surface area contributed by atoms with Crippen molar-refractivity contribution >= 4 is 17.3 Å². The summed E-state index contributed by atoms with van der Waals surface area (Å²) in [5.41, 5.74) is -0.139. The van der Waals surface area contributed by atoms with Gasteiger partial charge in [-0.2, -0.15) is 18.4 Å². The molecule has 2 fully saturated rings. The lowest BCUT2D eigenvalue weighted by Crippen LogP contribution is -2.62. The highest BCUT2D eigenvalue weighted by Crippen LogP contribution is 2.57. The molecule has 1 aliphatic carbocycles. The average Bonchev–Trinajstić information content (AvgIpc) is 3.12. The van der Waals surface area contributed by atoms with Gasteiger partial charge in [-0.15, -0.1) is 10.2 Å². The van der Waals surface area contributed by atoms with Crippen molar-refractivity contribution in [2.45, 2.75) is 57.4 Å². The number of fused-ring (bicyclic) bond motifs is 3. The van der Waals surface area contributed by atoms with E-state index in [2.05, 4.69) is 25.7 Å². The summed E-state index contributed by atoms with van der Waals surface area (Å²) in [5, 5.41) is 19.4. The highest BCUT2D eigenvalue weighted by molar-refractivity contribution is 6.30. The SMILES string of the molecule is CC(C)(C#N)N1Cc2cc(Cl)ccc2-n2c(nnc2C2CC3(C2)CN(c2cccc(C(F)(F)F)c2F)C3)C1. The molecular weight excluding hydrogens is 520 g/mol. The summed E-state index contributed by atoms with van der Waals surface area (Å²) >= 11 is 6.32. The summed E-state index contributed by atoms with van der Waals surface area (Å²) in [6, 6.07) is 11.5. The van der Waals surface area contributed by atoms with Crippen LogP contribution in [0.15, 0.2) is 36.4 Å². The van der Waals surface area contributed by atoms with Crippen molar-refractivity contribution < 1.29 is 17.6 Å². The minimum absolute atomic E-state index is 0.00347. The second-order valence-corrected chi connectivity index (χ2v) is 11.6. The third-order valence-corrected chi connectivity index (χ3v) is 8.43. The third-order valence-electron chi connectivity index (χ3n) is 8.20. The lowest BCUT2D eigenvalue weighted by Gasteiger charge is -2.59. The van der Waals surface area contributed by atoms with Gasteiger partial charge in [0.15, 0.2) is 11.6 Å². The van der Waals surface area contributed by atoms with Gasteiger partial charge in [-0.3, -0.25) is 9.47 Å². The number of hydrogen-bond acceptors (Lipinski definition) is 5. The molecule has 2 aliphatic heterocycles. The molecule has 0 atom stereocenters. The topological polar surface area (TPSA) is 61.0 Å². The lowest BCUT2D eigenvalue weighted by molar-refractivity contribution is -0.139. The van der Waals surface area contributed by atoms with Crippen LogP contribution in [0.5, 0.6) is 0 Å². The lowest BCUT2D eigenvalue weighted by atomic mass is 9.57. The van der Waals surface area contributed by atoms with E-state index in [4.69, 9.17) is 11.6 Å². The Morgan fingerprint density at radius 3 is 2.47 bits per heavy atom. The van der Waals surface area contributed by atoms with Gasteiger partial charge < -0.3 is 4.90 Å². The standard InChI is InChI=1S/C27H25ClF4N6/c1-25(2,13-33)37-11-16-8-18(28)6-7-20(16)38-22(12-37)34-35-24(38)17-9-26(10-17)14-36(15-26)21-5-3-4-19(23(21)29)27(30,31)32/h3-8,17H,9-12,14-15H2,1-2H3. The number of hydrogen-bond donors (Lipinski definition) is 0. The monoisotopic (exact) mass is 544 g/mol. The van der Waals surface area contributed by atoms with Crippen molar-refractivity contribution in [1.29, 1.82) is 5.26 Å².